The van der Waals surface area contributed by atoms with E-state index in [0.29, 0.717) is 11.5 Å². The molecule has 3 aromatic carbocycles. The van der Waals surface area contributed by atoms with Gasteiger partial charge < -0.3 is 15.2 Å². The number of carbonyl (C=O) groups excluding carboxylic acids is 1. The highest BCUT2D eigenvalue weighted by molar-refractivity contribution is 6.02. The summed E-state index contributed by atoms with van der Waals surface area (Å²) in [6.45, 7) is -0.221. The fourth-order valence-electron chi connectivity index (χ4n) is 2.15. The van der Waals surface area contributed by atoms with Crippen LogP contribution in [-0.2, 0) is 4.79 Å². The lowest BCUT2D eigenvalue weighted by Gasteiger charge is -2.11. The topological polar surface area (TPSA) is 85.3 Å². The molecule has 0 aliphatic heterocycles. The van der Waals surface area contributed by atoms with Gasteiger partial charge in [-0.05, 0) is 46.5 Å². The first-order valence-electron chi connectivity index (χ1n) is 6.22. The van der Waals surface area contributed by atoms with Crippen LogP contribution in [0.15, 0.2) is 24.3 Å². The van der Waals surface area contributed by atoms with Gasteiger partial charge in [-0.1, -0.05) is 0 Å². The van der Waals surface area contributed by atoms with E-state index in [1.54, 1.807) is 18.2 Å². The number of primary amides is 1. The Labute approximate surface area is 120 Å². The zero-order valence-electron chi connectivity index (χ0n) is 11.0. The minimum atomic E-state index is -0.534. The summed E-state index contributed by atoms with van der Waals surface area (Å²) in [5.41, 5.74) is 5.07. The molecule has 5 heteroatoms. The number of carbonyl (C=O) groups is 1. The molecule has 0 atom stereocenters. The van der Waals surface area contributed by atoms with E-state index < -0.39 is 5.91 Å². The van der Waals surface area contributed by atoms with Crippen LogP contribution in [0.2, 0.25) is 0 Å². The minimum Gasteiger partial charge on any atom is -0.484 e. The van der Waals surface area contributed by atoms with E-state index >= 15 is 0 Å². The molecule has 0 saturated carbocycles. The number of ether oxygens (including phenoxy) is 2. The van der Waals surface area contributed by atoms with Crippen molar-refractivity contribution in [3.05, 3.63) is 36.4 Å². The molecule has 0 unspecified atom stereocenters. The van der Waals surface area contributed by atoms with Crippen molar-refractivity contribution in [2.75, 3.05) is 13.2 Å². The van der Waals surface area contributed by atoms with Crippen molar-refractivity contribution in [1.82, 2.24) is 0 Å². The highest BCUT2D eigenvalue weighted by atomic mass is 16.5. The fraction of sp³-hybridized carbons (Fsp3) is 0.125. The molecule has 102 valence electrons. The number of hydrogen-bond acceptors (Lipinski definition) is 4. The lowest BCUT2D eigenvalue weighted by molar-refractivity contribution is -0.119. The summed E-state index contributed by atoms with van der Waals surface area (Å²) in [4.78, 5) is 10.8. The highest BCUT2D eigenvalue weighted by Crippen LogP contribution is 2.34. The molecule has 0 saturated heterocycles. The standard InChI is InChI=1S/C16H10N2O3/c17-3-4-20-15-2-1-10-8-14(15)12-5-11(10)6-13(7-12)21-9-16(18)19/h2,5-7H,4,9H2,(H2,18,19). The number of nitrogens with two attached hydrogens (primary N) is 1. The number of nitriles is 1. The molecule has 0 aliphatic rings. The van der Waals surface area contributed by atoms with Crippen LogP contribution in [0.25, 0.3) is 21.5 Å². The molecule has 0 spiro atoms. The van der Waals surface area contributed by atoms with Crippen LogP contribution in [-0.4, -0.2) is 19.1 Å². The molecule has 2 radical (unpaired) electrons. The summed E-state index contributed by atoms with van der Waals surface area (Å²) < 4.78 is 10.7. The van der Waals surface area contributed by atoms with E-state index in [9.17, 15) is 4.79 Å². The van der Waals surface area contributed by atoms with Gasteiger partial charge in [0.2, 0.25) is 0 Å². The number of rotatable bonds is 5. The molecular formula is C16H10N2O3. The van der Waals surface area contributed by atoms with Gasteiger partial charge in [0, 0.05) is 11.5 Å². The Hall–Kier alpha value is -3.00. The van der Waals surface area contributed by atoms with E-state index in [-0.39, 0.29) is 13.2 Å². The summed E-state index contributed by atoms with van der Waals surface area (Å²) in [7, 11) is 0. The average Bonchev–Trinajstić information content (AvgIpc) is 2.49. The summed E-state index contributed by atoms with van der Waals surface area (Å²) in [5.74, 6) is 0.549. The van der Waals surface area contributed by atoms with Gasteiger partial charge in [0.15, 0.2) is 13.2 Å². The molecule has 21 heavy (non-hydrogen) atoms. The lowest BCUT2D eigenvalue weighted by Crippen LogP contribution is -2.20. The van der Waals surface area contributed by atoms with Crippen LogP contribution in [0.3, 0.4) is 0 Å². The monoisotopic (exact) mass is 278 g/mol. The molecule has 0 aliphatic carbocycles. The van der Waals surface area contributed by atoms with Crippen molar-refractivity contribution in [3.63, 3.8) is 0 Å². The third-order valence-electron chi connectivity index (χ3n) is 3.00. The average molecular weight is 278 g/mol. The largest absolute Gasteiger partial charge is 0.484 e. The Morgan fingerprint density at radius 3 is 2.86 bits per heavy atom. The lowest BCUT2D eigenvalue weighted by atomic mass is 10.0. The van der Waals surface area contributed by atoms with Crippen molar-refractivity contribution >= 4 is 27.5 Å². The van der Waals surface area contributed by atoms with Gasteiger partial charge in [-0.25, -0.2) is 0 Å². The quantitative estimate of drug-likeness (QED) is 0.771. The number of benzene rings is 3. The molecule has 5 nitrogen and oxygen atoms in total. The highest BCUT2D eigenvalue weighted by Gasteiger charge is 2.10. The summed E-state index contributed by atoms with van der Waals surface area (Å²) >= 11 is 0. The van der Waals surface area contributed by atoms with Crippen LogP contribution in [0.4, 0.5) is 0 Å². The number of nitrogens with zero attached hydrogens (tertiary/aromatic N) is 1. The molecule has 0 heterocycles. The third kappa shape index (κ3) is 2.51. The van der Waals surface area contributed by atoms with Gasteiger partial charge in [0.25, 0.3) is 5.91 Å². The zero-order chi connectivity index (χ0) is 14.8. The zero-order valence-corrected chi connectivity index (χ0v) is 11.0. The summed E-state index contributed by atoms with van der Waals surface area (Å²) in [6, 6.07) is 15.4. The Kier molecular flexibility index (Phi) is 3.20. The van der Waals surface area contributed by atoms with Gasteiger partial charge in [-0.3, -0.25) is 4.79 Å². The number of fused-ring (bicyclic) bond motifs is 6. The predicted molar refractivity (Wildman–Crippen MR) is 76.1 cm³/mol. The normalized spacial score (nSPS) is 10.6. The smallest absolute Gasteiger partial charge is 0.255 e. The van der Waals surface area contributed by atoms with Crippen LogP contribution < -0.4 is 15.2 Å². The van der Waals surface area contributed by atoms with Crippen molar-refractivity contribution in [2.45, 2.75) is 0 Å². The molecule has 0 fully saturated rings. The van der Waals surface area contributed by atoms with Crippen LogP contribution in [0, 0.1) is 23.5 Å². The van der Waals surface area contributed by atoms with Crippen molar-refractivity contribution in [3.8, 4) is 17.6 Å². The van der Waals surface area contributed by atoms with E-state index in [2.05, 4.69) is 12.1 Å². The van der Waals surface area contributed by atoms with Gasteiger partial charge in [-0.15, -0.1) is 0 Å². The van der Waals surface area contributed by atoms with E-state index in [0.717, 1.165) is 21.5 Å². The Morgan fingerprint density at radius 2 is 2.10 bits per heavy atom. The Bertz CT molecular complexity index is 852. The third-order valence-corrected chi connectivity index (χ3v) is 3.00. The Morgan fingerprint density at radius 1 is 1.29 bits per heavy atom. The Balaban J connectivity index is 2.07. The maximum atomic E-state index is 10.8. The first-order valence-corrected chi connectivity index (χ1v) is 6.22. The second kappa shape index (κ2) is 5.17. The molecule has 1 amide bonds. The molecule has 3 rings (SSSR count). The van der Waals surface area contributed by atoms with Crippen molar-refractivity contribution in [1.29, 1.82) is 5.26 Å². The van der Waals surface area contributed by atoms with Crippen LogP contribution >= 0.6 is 0 Å². The van der Waals surface area contributed by atoms with E-state index in [1.165, 1.54) is 0 Å². The first-order chi connectivity index (χ1) is 10.2. The molecule has 4 bridgehead atoms. The van der Waals surface area contributed by atoms with Gasteiger partial charge in [-0.2, -0.15) is 5.26 Å². The fourth-order valence-corrected chi connectivity index (χ4v) is 2.15. The summed E-state index contributed by atoms with van der Waals surface area (Å²) in [5, 5.41) is 11.9. The van der Waals surface area contributed by atoms with Crippen LogP contribution in [0.5, 0.6) is 11.5 Å². The summed E-state index contributed by atoms with van der Waals surface area (Å²) in [6.07, 6.45) is 0. The molecule has 3 aromatic rings. The second-order valence-corrected chi connectivity index (χ2v) is 4.48. The van der Waals surface area contributed by atoms with Crippen molar-refractivity contribution < 1.29 is 14.3 Å². The van der Waals surface area contributed by atoms with Crippen LogP contribution in [0.1, 0.15) is 0 Å². The maximum absolute atomic E-state index is 10.8. The van der Waals surface area contributed by atoms with E-state index in [4.69, 9.17) is 20.5 Å². The molecular weight excluding hydrogens is 268 g/mol. The van der Waals surface area contributed by atoms with E-state index in [1.807, 2.05) is 12.1 Å². The van der Waals surface area contributed by atoms with Crippen molar-refractivity contribution in [2.24, 2.45) is 5.73 Å². The van der Waals surface area contributed by atoms with Gasteiger partial charge in [0.1, 0.15) is 17.6 Å². The number of amides is 1. The van der Waals surface area contributed by atoms with Gasteiger partial charge in [0.05, 0.1) is 0 Å². The molecule has 0 aromatic heterocycles. The second-order valence-electron chi connectivity index (χ2n) is 4.48. The number of hydrogen-bond donors (Lipinski definition) is 1. The van der Waals surface area contributed by atoms with Gasteiger partial charge >= 0.3 is 0 Å². The maximum Gasteiger partial charge on any atom is 0.255 e. The SMILES string of the molecule is N#CCOc1c[c]c2[c]c1c1cc(OCC(N)=O)cc2c1. The molecule has 2 N–H and O–H groups in total. The predicted octanol–water partition coefficient (Wildman–Crippen LogP) is 1.80. The first kappa shape index (κ1) is 13.0. The minimum absolute atomic E-state index is 0.0429.